The Labute approximate surface area is 146 Å². The normalized spacial score (nSPS) is 10.8. The SMILES string of the molecule is COCCCNc1nc(Nc2cc(C)ccc2C)c2nccnc2n1. The predicted octanol–water partition coefficient (Wildman–Crippen LogP) is 3.23. The third-order valence-electron chi connectivity index (χ3n) is 3.79. The highest BCUT2D eigenvalue weighted by Gasteiger charge is 2.11. The van der Waals surface area contributed by atoms with Gasteiger partial charge in [0.15, 0.2) is 17.0 Å². The summed E-state index contributed by atoms with van der Waals surface area (Å²) in [6.45, 7) is 5.53. The van der Waals surface area contributed by atoms with E-state index in [1.54, 1.807) is 19.5 Å². The van der Waals surface area contributed by atoms with E-state index in [1.165, 1.54) is 5.56 Å². The summed E-state index contributed by atoms with van der Waals surface area (Å²) >= 11 is 0. The molecule has 0 bridgehead atoms. The van der Waals surface area contributed by atoms with E-state index in [0.717, 1.165) is 24.2 Å². The Balaban J connectivity index is 1.93. The maximum absolute atomic E-state index is 5.06. The van der Waals surface area contributed by atoms with E-state index in [0.29, 0.717) is 29.5 Å². The Hall–Kier alpha value is -2.80. The molecule has 0 aliphatic rings. The van der Waals surface area contributed by atoms with Crippen molar-refractivity contribution in [1.29, 1.82) is 0 Å². The molecule has 3 aromatic rings. The van der Waals surface area contributed by atoms with Crippen molar-refractivity contribution in [3.8, 4) is 0 Å². The first-order valence-electron chi connectivity index (χ1n) is 8.23. The van der Waals surface area contributed by atoms with E-state index in [2.05, 4.69) is 62.6 Å². The second kappa shape index (κ2) is 7.85. The van der Waals surface area contributed by atoms with Crippen LogP contribution in [0.2, 0.25) is 0 Å². The van der Waals surface area contributed by atoms with Crippen LogP contribution in [0.3, 0.4) is 0 Å². The molecule has 0 atom stereocenters. The van der Waals surface area contributed by atoms with Gasteiger partial charge >= 0.3 is 0 Å². The van der Waals surface area contributed by atoms with Gasteiger partial charge in [-0.3, -0.25) is 0 Å². The lowest BCUT2D eigenvalue weighted by Crippen LogP contribution is -2.10. The minimum atomic E-state index is 0.525. The van der Waals surface area contributed by atoms with Crippen LogP contribution in [0.25, 0.3) is 11.2 Å². The third kappa shape index (κ3) is 4.19. The van der Waals surface area contributed by atoms with Gasteiger partial charge in [-0.25, -0.2) is 9.97 Å². The van der Waals surface area contributed by atoms with Gasteiger partial charge < -0.3 is 15.4 Å². The van der Waals surface area contributed by atoms with Crippen LogP contribution in [0.1, 0.15) is 17.5 Å². The highest BCUT2D eigenvalue weighted by Crippen LogP contribution is 2.25. The van der Waals surface area contributed by atoms with Gasteiger partial charge in [-0.1, -0.05) is 12.1 Å². The minimum Gasteiger partial charge on any atom is -0.385 e. The average Bonchev–Trinajstić information content (AvgIpc) is 2.62. The van der Waals surface area contributed by atoms with E-state index < -0.39 is 0 Å². The number of nitrogens with zero attached hydrogens (tertiary/aromatic N) is 4. The molecule has 3 rings (SSSR count). The number of nitrogens with one attached hydrogen (secondary N) is 2. The van der Waals surface area contributed by atoms with Crippen LogP contribution >= 0.6 is 0 Å². The van der Waals surface area contributed by atoms with E-state index in [1.807, 2.05) is 0 Å². The Kier molecular flexibility index (Phi) is 5.35. The lowest BCUT2D eigenvalue weighted by molar-refractivity contribution is 0.197. The van der Waals surface area contributed by atoms with Gasteiger partial charge in [0.05, 0.1) is 0 Å². The number of benzene rings is 1. The fraction of sp³-hybridized carbons (Fsp3) is 0.333. The number of anilines is 3. The number of hydrogen-bond donors (Lipinski definition) is 2. The van der Waals surface area contributed by atoms with E-state index in [9.17, 15) is 0 Å². The van der Waals surface area contributed by atoms with Crippen molar-refractivity contribution in [2.24, 2.45) is 0 Å². The predicted molar refractivity (Wildman–Crippen MR) is 99.3 cm³/mol. The molecule has 2 heterocycles. The van der Waals surface area contributed by atoms with Crippen LogP contribution < -0.4 is 10.6 Å². The van der Waals surface area contributed by atoms with Crippen molar-refractivity contribution in [1.82, 2.24) is 19.9 Å². The van der Waals surface area contributed by atoms with Gasteiger partial charge in [-0.05, 0) is 37.5 Å². The Morgan fingerprint density at radius 1 is 1.08 bits per heavy atom. The summed E-state index contributed by atoms with van der Waals surface area (Å²) in [5.74, 6) is 1.16. The molecular weight excluding hydrogens is 316 g/mol. The standard InChI is InChI=1S/C18H22N6O/c1-12-5-6-13(2)14(11-12)22-17-15-16(20-9-8-19-15)23-18(24-17)21-7-4-10-25-3/h5-6,8-9,11H,4,7,10H2,1-3H3,(H2,20,21,22,23,24). The Morgan fingerprint density at radius 2 is 1.92 bits per heavy atom. The molecule has 25 heavy (non-hydrogen) atoms. The quantitative estimate of drug-likeness (QED) is 0.640. The maximum atomic E-state index is 5.06. The summed E-state index contributed by atoms with van der Waals surface area (Å²) < 4.78 is 5.06. The van der Waals surface area contributed by atoms with Gasteiger partial charge in [-0.15, -0.1) is 0 Å². The highest BCUT2D eigenvalue weighted by molar-refractivity contribution is 5.86. The van der Waals surface area contributed by atoms with Crippen LogP contribution in [0, 0.1) is 13.8 Å². The van der Waals surface area contributed by atoms with E-state index in [-0.39, 0.29) is 0 Å². The first-order valence-corrected chi connectivity index (χ1v) is 8.23. The molecule has 0 aliphatic heterocycles. The van der Waals surface area contributed by atoms with Crippen LogP contribution in [0.15, 0.2) is 30.6 Å². The first kappa shape index (κ1) is 17.0. The summed E-state index contributed by atoms with van der Waals surface area (Å²) in [5.41, 5.74) is 4.51. The minimum absolute atomic E-state index is 0.525. The van der Waals surface area contributed by atoms with Gasteiger partial charge in [0, 0.05) is 38.3 Å². The number of fused-ring (bicyclic) bond motifs is 1. The number of aromatic nitrogens is 4. The van der Waals surface area contributed by atoms with Crippen molar-refractivity contribution in [3.05, 3.63) is 41.7 Å². The summed E-state index contributed by atoms with van der Waals surface area (Å²) in [5, 5.41) is 6.59. The second-order valence-electron chi connectivity index (χ2n) is 5.84. The van der Waals surface area contributed by atoms with Crippen LogP contribution in [0.5, 0.6) is 0 Å². The molecule has 0 fully saturated rings. The molecular formula is C18H22N6O. The zero-order valence-corrected chi connectivity index (χ0v) is 14.7. The van der Waals surface area contributed by atoms with Crippen molar-refractivity contribution >= 4 is 28.6 Å². The molecule has 2 N–H and O–H groups in total. The number of methoxy groups -OCH3 is 1. The topological polar surface area (TPSA) is 84.9 Å². The Morgan fingerprint density at radius 3 is 2.76 bits per heavy atom. The molecule has 0 unspecified atom stereocenters. The summed E-state index contributed by atoms with van der Waals surface area (Å²) in [7, 11) is 1.69. The van der Waals surface area contributed by atoms with E-state index in [4.69, 9.17) is 4.74 Å². The van der Waals surface area contributed by atoms with E-state index >= 15 is 0 Å². The molecule has 130 valence electrons. The third-order valence-corrected chi connectivity index (χ3v) is 3.79. The zero-order chi connectivity index (χ0) is 17.6. The van der Waals surface area contributed by atoms with Gasteiger partial charge in [-0.2, -0.15) is 9.97 Å². The summed E-state index contributed by atoms with van der Waals surface area (Å²) in [4.78, 5) is 17.7. The number of rotatable bonds is 7. The van der Waals surface area contributed by atoms with Crippen molar-refractivity contribution in [2.75, 3.05) is 30.9 Å². The molecule has 0 saturated carbocycles. The molecule has 0 amide bonds. The molecule has 2 aromatic heterocycles. The summed E-state index contributed by atoms with van der Waals surface area (Å²) in [6, 6.07) is 6.25. The zero-order valence-electron chi connectivity index (χ0n) is 14.7. The molecule has 0 aliphatic carbocycles. The smallest absolute Gasteiger partial charge is 0.226 e. The van der Waals surface area contributed by atoms with Crippen molar-refractivity contribution in [3.63, 3.8) is 0 Å². The fourth-order valence-corrected chi connectivity index (χ4v) is 2.44. The largest absolute Gasteiger partial charge is 0.385 e. The molecule has 0 saturated heterocycles. The molecule has 1 aromatic carbocycles. The first-order chi connectivity index (χ1) is 12.2. The average molecular weight is 338 g/mol. The van der Waals surface area contributed by atoms with Crippen LogP contribution in [0.4, 0.5) is 17.5 Å². The lowest BCUT2D eigenvalue weighted by Gasteiger charge is -2.13. The van der Waals surface area contributed by atoms with Crippen LogP contribution in [-0.2, 0) is 4.74 Å². The molecule has 0 radical (unpaired) electrons. The molecule has 7 heteroatoms. The Bertz CT molecular complexity index is 867. The van der Waals surface area contributed by atoms with Crippen LogP contribution in [-0.4, -0.2) is 40.2 Å². The monoisotopic (exact) mass is 338 g/mol. The number of hydrogen-bond acceptors (Lipinski definition) is 7. The fourth-order valence-electron chi connectivity index (χ4n) is 2.44. The lowest BCUT2D eigenvalue weighted by atomic mass is 10.1. The number of ether oxygens (including phenoxy) is 1. The number of aryl methyl sites for hydroxylation is 2. The van der Waals surface area contributed by atoms with Gasteiger partial charge in [0.25, 0.3) is 0 Å². The van der Waals surface area contributed by atoms with Gasteiger partial charge in [0.1, 0.15) is 0 Å². The molecule has 7 nitrogen and oxygen atoms in total. The second-order valence-corrected chi connectivity index (χ2v) is 5.84. The molecule has 0 spiro atoms. The van der Waals surface area contributed by atoms with Gasteiger partial charge in [0.2, 0.25) is 5.95 Å². The summed E-state index contributed by atoms with van der Waals surface area (Å²) in [6.07, 6.45) is 4.15. The maximum Gasteiger partial charge on any atom is 0.226 e. The van der Waals surface area contributed by atoms with Crippen molar-refractivity contribution in [2.45, 2.75) is 20.3 Å². The highest BCUT2D eigenvalue weighted by atomic mass is 16.5. The van der Waals surface area contributed by atoms with Crippen molar-refractivity contribution < 1.29 is 4.74 Å².